The van der Waals surface area contributed by atoms with E-state index < -0.39 is 60.6 Å². The predicted octanol–water partition coefficient (Wildman–Crippen LogP) is 4.75. The molecule has 2 atom stereocenters. The summed E-state index contributed by atoms with van der Waals surface area (Å²) in [6, 6.07) is 0. The highest BCUT2D eigenvalue weighted by molar-refractivity contribution is 5.05. The summed E-state index contributed by atoms with van der Waals surface area (Å²) in [7, 11) is 0. The molecule has 0 bridgehead atoms. The molecule has 0 saturated heterocycles. The number of hydrogen-bond acceptors (Lipinski definition) is 2. The first kappa shape index (κ1) is 25.9. The number of hydrogen-bond donors (Lipinski definition) is 2. The fourth-order valence-corrected chi connectivity index (χ4v) is 2.13. The van der Waals surface area contributed by atoms with Crippen LogP contribution in [-0.2, 0) is 0 Å². The Morgan fingerprint density at radius 1 is 0.519 bits per heavy atom. The quantitative estimate of drug-likeness (QED) is 0.607. The van der Waals surface area contributed by atoms with Gasteiger partial charge in [-0.25, -0.2) is 0 Å². The fraction of sp³-hybridized carbons (Fsp3) is 1.00. The summed E-state index contributed by atoms with van der Waals surface area (Å²) in [4.78, 5) is 0. The molecule has 2 unspecified atom stereocenters. The Hall–Kier alpha value is -1.06. The third-order valence-electron chi connectivity index (χ3n) is 3.57. The molecule has 0 aromatic heterocycles. The van der Waals surface area contributed by atoms with E-state index in [4.69, 9.17) is 10.2 Å². The van der Waals surface area contributed by atoms with Crippen LogP contribution < -0.4 is 0 Å². The average molecular weight is 440 g/mol. The molecule has 2 nitrogen and oxygen atoms in total. The van der Waals surface area contributed by atoms with Crippen LogP contribution in [0.2, 0.25) is 0 Å². The first-order valence-electron chi connectivity index (χ1n) is 6.44. The molecule has 0 heterocycles. The van der Waals surface area contributed by atoms with Crippen molar-refractivity contribution < 1.29 is 71.7 Å². The normalized spacial score (nSPS) is 19.0. The van der Waals surface area contributed by atoms with Gasteiger partial charge in [0.05, 0.1) is 0 Å². The Labute approximate surface area is 140 Å². The van der Waals surface area contributed by atoms with Gasteiger partial charge < -0.3 is 10.2 Å². The van der Waals surface area contributed by atoms with Crippen molar-refractivity contribution in [2.45, 2.75) is 61.6 Å². The average Bonchev–Trinajstić information content (AvgIpc) is 2.32. The number of aliphatic hydroxyl groups is 2. The van der Waals surface area contributed by atoms with Crippen LogP contribution in [0.5, 0.6) is 0 Å². The van der Waals surface area contributed by atoms with Crippen molar-refractivity contribution in [2.24, 2.45) is 5.92 Å². The van der Waals surface area contributed by atoms with Crippen molar-refractivity contribution >= 4 is 0 Å². The molecule has 0 radical (unpaired) electrons. The number of rotatable bonds is 5. The Morgan fingerprint density at radius 3 is 1.00 bits per heavy atom. The van der Waals surface area contributed by atoms with Crippen LogP contribution in [0.15, 0.2) is 0 Å². The molecule has 0 saturated carbocycles. The maximum atomic E-state index is 13.1. The van der Waals surface area contributed by atoms with Crippen LogP contribution >= 0.6 is 0 Å². The molecule has 0 aromatic carbocycles. The van der Waals surface area contributed by atoms with Gasteiger partial charge >= 0.3 is 30.6 Å². The predicted molar refractivity (Wildman–Crippen MR) is 57.5 cm³/mol. The Bertz CT molecular complexity index is 499. The second-order valence-electron chi connectivity index (χ2n) is 5.80. The standard InChI is InChI=1S/C11H10F14O2/c1-4(3-6(27,9(17,18)19)10(20,21)22)2-5(26,8(14,15)16)7(12,13)11(23,24)25/h4,26-27H,2-3H2,1H3. The van der Waals surface area contributed by atoms with Gasteiger partial charge in [0.25, 0.3) is 5.60 Å². The molecule has 16 heteroatoms. The van der Waals surface area contributed by atoms with Gasteiger partial charge in [0.2, 0.25) is 5.60 Å². The van der Waals surface area contributed by atoms with Gasteiger partial charge in [-0.3, -0.25) is 0 Å². The van der Waals surface area contributed by atoms with Crippen LogP contribution in [-0.4, -0.2) is 52.0 Å². The maximum absolute atomic E-state index is 13.1. The van der Waals surface area contributed by atoms with Crippen molar-refractivity contribution in [1.29, 1.82) is 0 Å². The topological polar surface area (TPSA) is 40.5 Å². The molecule has 0 aliphatic rings. The molecule has 0 aliphatic carbocycles. The van der Waals surface area contributed by atoms with Gasteiger partial charge in [-0.1, -0.05) is 6.92 Å². The van der Waals surface area contributed by atoms with Crippen LogP contribution in [0.1, 0.15) is 19.8 Å². The van der Waals surface area contributed by atoms with Crippen molar-refractivity contribution in [3.05, 3.63) is 0 Å². The monoisotopic (exact) mass is 440 g/mol. The number of alkyl halides is 14. The van der Waals surface area contributed by atoms with E-state index in [9.17, 15) is 61.5 Å². The van der Waals surface area contributed by atoms with E-state index in [1.807, 2.05) is 0 Å². The van der Waals surface area contributed by atoms with Gasteiger partial charge in [0.15, 0.2) is 0 Å². The van der Waals surface area contributed by atoms with Gasteiger partial charge in [-0.2, -0.15) is 61.5 Å². The first-order valence-corrected chi connectivity index (χ1v) is 6.44. The molecule has 27 heavy (non-hydrogen) atoms. The highest BCUT2D eigenvalue weighted by Gasteiger charge is 2.79. The van der Waals surface area contributed by atoms with Gasteiger partial charge in [-0.05, 0) is 18.8 Å². The molecule has 0 rings (SSSR count). The Balaban J connectivity index is 6.06. The highest BCUT2D eigenvalue weighted by Crippen LogP contribution is 2.54. The van der Waals surface area contributed by atoms with E-state index in [2.05, 4.69) is 0 Å². The van der Waals surface area contributed by atoms with E-state index >= 15 is 0 Å². The molecule has 0 spiro atoms. The fourth-order valence-electron chi connectivity index (χ4n) is 2.13. The molecule has 2 N–H and O–H groups in total. The second-order valence-corrected chi connectivity index (χ2v) is 5.80. The summed E-state index contributed by atoms with van der Waals surface area (Å²) >= 11 is 0. The largest absolute Gasteiger partial charge is 0.456 e. The molecule has 0 amide bonds. The van der Waals surface area contributed by atoms with Crippen molar-refractivity contribution in [1.82, 2.24) is 0 Å². The van der Waals surface area contributed by atoms with Gasteiger partial charge in [-0.15, -0.1) is 0 Å². The summed E-state index contributed by atoms with van der Waals surface area (Å²) in [6.45, 7) is -0.00832. The van der Waals surface area contributed by atoms with Crippen molar-refractivity contribution in [3.63, 3.8) is 0 Å². The Kier molecular flexibility index (Phi) is 6.51. The van der Waals surface area contributed by atoms with Crippen LogP contribution in [0.4, 0.5) is 61.5 Å². The smallest absolute Gasteiger partial charge is 0.376 e. The lowest BCUT2D eigenvalue weighted by Crippen LogP contribution is -2.66. The zero-order chi connectivity index (χ0) is 22.5. The lowest BCUT2D eigenvalue weighted by molar-refractivity contribution is -0.408. The van der Waals surface area contributed by atoms with E-state index in [0.29, 0.717) is 0 Å². The zero-order valence-electron chi connectivity index (χ0n) is 12.7. The summed E-state index contributed by atoms with van der Waals surface area (Å²) in [5.41, 5.74) is -11.8. The minimum Gasteiger partial charge on any atom is -0.376 e. The van der Waals surface area contributed by atoms with Crippen molar-refractivity contribution in [3.8, 4) is 0 Å². The van der Waals surface area contributed by atoms with Crippen LogP contribution in [0, 0.1) is 5.92 Å². The maximum Gasteiger partial charge on any atom is 0.456 e. The summed E-state index contributed by atoms with van der Waals surface area (Å²) in [5, 5.41) is 17.7. The Morgan fingerprint density at radius 2 is 0.778 bits per heavy atom. The van der Waals surface area contributed by atoms with Gasteiger partial charge in [0, 0.05) is 0 Å². The number of halogens is 14. The van der Waals surface area contributed by atoms with Crippen molar-refractivity contribution in [2.75, 3.05) is 0 Å². The third kappa shape index (κ3) is 4.51. The zero-order valence-corrected chi connectivity index (χ0v) is 12.7. The molecule has 0 aromatic rings. The van der Waals surface area contributed by atoms with E-state index in [1.165, 1.54) is 0 Å². The molecule has 0 fully saturated rings. The molecule has 164 valence electrons. The summed E-state index contributed by atoms with van der Waals surface area (Å²) in [5.74, 6) is -9.92. The highest BCUT2D eigenvalue weighted by atomic mass is 19.4. The molecular formula is C11H10F14O2. The minimum atomic E-state index is -7.04. The lowest BCUT2D eigenvalue weighted by atomic mass is 9.79. The second kappa shape index (κ2) is 6.77. The SMILES string of the molecule is CC(CC(O)(C(F)(F)F)C(F)(F)F)CC(O)(C(F)(F)F)C(F)(F)C(F)(F)F. The third-order valence-corrected chi connectivity index (χ3v) is 3.57. The molecule has 0 aliphatic heterocycles. The summed E-state index contributed by atoms with van der Waals surface area (Å²) < 4.78 is 176. The van der Waals surface area contributed by atoms with E-state index in [1.54, 1.807) is 0 Å². The van der Waals surface area contributed by atoms with E-state index in [0.717, 1.165) is 0 Å². The van der Waals surface area contributed by atoms with Crippen LogP contribution in [0.25, 0.3) is 0 Å². The van der Waals surface area contributed by atoms with E-state index in [-0.39, 0.29) is 6.92 Å². The first-order chi connectivity index (χ1) is 11.4. The van der Waals surface area contributed by atoms with Crippen LogP contribution in [0.3, 0.4) is 0 Å². The van der Waals surface area contributed by atoms with Gasteiger partial charge in [0.1, 0.15) is 0 Å². The summed E-state index contributed by atoms with van der Waals surface area (Å²) in [6.07, 6.45) is -32.6. The minimum absolute atomic E-state index is 0.00832. The molecular weight excluding hydrogens is 430 g/mol. The lowest BCUT2D eigenvalue weighted by Gasteiger charge is -2.41.